The summed E-state index contributed by atoms with van der Waals surface area (Å²) in [5, 5.41) is 0. The van der Waals surface area contributed by atoms with Gasteiger partial charge < -0.3 is 19.0 Å². The van der Waals surface area contributed by atoms with Gasteiger partial charge in [-0.15, -0.1) is 0 Å². The summed E-state index contributed by atoms with van der Waals surface area (Å²) in [6, 6.07) is 3.48. The van der Waals surface area contributed by atoms with Gasteiger partial charge in [-0.1, -0.05) is 32.6 Å². The first-order valence-corrected chi connectivity index (χ1v) is 9.61. The number of fused-ring (bicyclic) bond motifs is 2. The van der Waals surface area contributed by atoms with Gasteiger partial charge >= 0.3 is 5.97 Å². The molecule has 0 spiro atoms. The van der Waals surface area contributed by atoms with E-state index in [2.05, 4.69) is 11.8 Å². The highest BCUT2D eigenvalue weighted by molar-refractivity contribution is 6.14. The fraction of sp³-hybridized carbons (Fsp3) is 0.600. The van der Waals surface area contributed by atoms with Gasteiger partial charge in [-0.3, -0.25) is 4.79 Å². The number of carbonyl (C=O) groups is 2. The van der Waals surface area contributed by atoms with Crippen LogP contribution in [0.4, 0.5) is 0 Å². The number of ether oxygens (including phenoxy) is 1. The zero-order valence-electron chi connectivity index (χ0n) is 15.8. The van der Waals surface area contributed by atoms with Crippen molar-refractivity contribution in [2.45, 2.75) is 39.0 Å². The van der Waals surface area contributed by atoms with E-state index in [1.807, 2.05) is 7.05 Å². The van der Waals surface area contributed by atoms with Crippen molar-refractivity contribution in [3.8, 4) is 0 Å². The number of benzene rings is 1. The molecule has 3 heterocycles. The highest BCUT2D eigenvalue weighted by Crippen LogP contribution is 2.30. The average molecular weight is 360 g/mol. The standard InChI is InChI=1S/C20H28N2O4/c1-3-4-5-6-7-14-25-20(24)18-16-9-8-15(26-16)17(18)19(23)22-12-10-21(2)11-13-22/h8-9H,3-7,10-14H2,1-2H3. The van der Waals surface area contributed by atoms with E-state index in [-0.39, 0.29) is 5.91 Å². The molecule has 0 atom stereocenters. The first-order chi connectivity index (χ1) is 12.6. The van der Waals surface area contributed by atoms with Crippen LogP contribution in [0.1, 0.15) is 59.7 Å². The van der Waals surface area contributed by atoms with Crippen LogP contribution in [0.3, 0.4) is 0 Å². The molecule has 1 saturated heterocycles. The molecule has 1 aliphatic rings. The number of amides is 1. The number of hydrogen-bond acceptors (Lipinski definition) is 5. The van der Waals surface area contributed by atoms with Gasteiger partial charge in [-0.25, -0.2) is 4.79 Å². The van der Waals surface area contributed by atoms with E-state index in [0.29, 0.717) is 42.0 Å². The van der Waals surface area contributed by atoms with Crippen LogP contribution in [0.15, 0.2) is 16.5 Å². The quantitative estimate of drug-likeness (QED) is 0.533. The summed E-state index contributed by atoms with van der Waals surface area (Å²) in [5.41, 5.74) is 1.57. The molecule has 0 unspecified atom stereocenters. The van der Waals surface area contributed by atoms with Crippen molar-refractivity contribution in [2.75, 3.05) is 39.8 Å². The Balaban J connectivity index is 1.65. The molecule has 142 valence electrons. The van der Waals surface area contributed by atoms with Crippen LogP contribution in [-0.2, 0) is 4.74 Å². The minimum absolute atomic E-state index is 0.137. The van der Waals surface area contributed by atoms with Gasteiger partial charge in [0.1, 0.15) is 22.3 Å². The Bertz CT molecular complexity index is 731. The number of rotatable bonds is 8. The van der Waals surface area contributed by atoms with E-state index in [0.717, 1.165) is 32.4 Å². The Morgan fingerprint density at radius 3 is 2.35 bits per heavy atom. The summed E-state index contributed by atoms with van der Waals surface area (Å²) in [6.45, 7) is 5.53. The number of likely N-dealkylation sites (N-methyl/N-ethyl adjacent to an activating group) is 1. The molecule has 0 saturated carbocycles. The molecule has 2 bridgehead atoms. The second-order valence-corrected chi connectivity index (χ2v) is 7.06. The number of carbonyl (C=O) groups excluding carboxylic acids is 2. The Labute approximate surface area is 154 Å². The molecule has 1 aliphatic heterocycles. The lowest BCUT2D eigenvalue weighted by molar-refractivity contribution is 0.0490. The van der Waals surface area contributed by atoms with Gasteiger partial charge in [0.25, 0.3) is 5.91 Å². The fourth-order valence-corrected chi connectivity index (χ4v) is 3.38. The maximum absolute atomic E-state index is 13.0. The molecule has 0 aromatic carbocycles. The number of hydrogen-bond donors (Lipinski definition) is 0. The average Bonchev–Trinajstić information content (AvgIpc) is 3.26. The first kappa shape index (κ1) is 18.7. The molecular weight excluding hydrogens is 332 g/mol. The van der Waals surface area contributed by atoms with Crippen LogP contribution in [0, 0.1) is 0 Å². The molecule has 2 aromatic heterocycles. The van der Waals surface area contributed by atoms with Crippen LogP contribution in [0.2, 0.25) is 0 Å². The molecule has 26 heavy (non-hydrogen) atoms. The number of nitrogens with zero attached hydrogens (tertiary/aromatic N) is 2. The topological polar surface area (TPSA) is 63.0 Å². The van der Waals surface area contributed by atoms with Crippen molar-refractivity contribution < 1.29 is 18.7 Å². The van der Waals surface area contributed by atoms with E-state index < -0.39 is 5.97 Å². The van der Waals surface area contributed by atoms with E-state index in [9.17, 15) is 9.59 Å². The fourth-order valence-electron chi connectivity index (χ4n) is 3.38. The van der Waals surface area contributed by atoms with E-state index in [1.165, 1.54) is 12.8 Å². The second kappa shape index (κ2) is 8.54. The maximum Gasteiger partial charge on any atom is 0.342 e. The lowest BCUT2D eigenvalue weighted by Gasteiger charge is -2.32. The van der Waals surface area contributed by atoms with Crippen LogP contribution in [-0.4, -0.2) is 61.5 Å². The summed E-state index contributed by atoms with van der Waals surface area (Å²) in [6.07, 6.45) is 5.45. The molecule has 6 heteroatoms. The number of furan rings is 2. The van der Waals surface area contributed by atoms with E-state index in [1.54, 1.807) is 17.0 Å². The summed E-state index contributed by atoms with van der Waals surface area (Å²) in [5.74, 6) is -0.588. The predicted octanol–water partition coefficient (Wildman–Crippen LogP) is 3.39. The number of piperazine rings is 1. The van der Waals surface area contributed by atoms with Gasteiger partial charge in [0.2, 0.25) is 0 Å². The summed E-state index contributed by atoms with van der Waals surface area (Å²) in [4.78, 5) is 29.5. The van der Waals surface area contributed by atoms with Gasteiger partial charge in [0, 0.05) is 26.2 Å². The normalized spacial score (nSPS) is 15.7. The van der Waals surface area contributed by atoms with Crippen molar-refractivity contribution in [2.24, 2.45) is 0 Å². The third kappa shape index (κ3) is 4.01. The molecular formula is C20H28N2O4. The lowest BCUT2D eigenvalue weighted by Crippen LogP contribution is -2.47. The molecule has 1 fully saturated rings. The zero-order valence-corrected chi connectivity index (χ0v) is 15.8. The van der Waals surface area contributed by atoms with Crippen molar-refractivity contribution in [1.82, 2.24) is 9.80 Å². The van der Waals surface area contributed by atoms with Crippen LogP contribution < -0.4 is 0 Å². The largest absolute Gasteiger partial charge is 0.462 e. The molecule has 6 nitrogen and oxygen atoms in total. The highest BCUT2D eigenvalue weighted by atomic mass is 16.5. The lowest BCUT2D eigenvalue weighted by atomic mass is 10.1. The maximum atomic E-state index is 13.0. The van der Waals surface area contributed by atoms with Crippen molar-refractivity contribution >= 4 is 23.0 Å². The van der Waals surface area contributed by atoms with Gasteiger partial charge in [-0.05, 0) is 25.6 Å². The molecule has 2 aromatic rings. The highest BCUT2D eigenvalue weighted by Gasteiger charge is 2.32. The van der Waals surface area contributed by atoms with E-state index in [4.69, 9.17) is 9.15 Å². The molecule has 0 aliphatic carbocycles. The number of esters is 1. The Morgan fingerprint density at radius 2 is 1.65 bits per heavy atom. The Hall–Kier alpha value is -2.08. The minimum Gasteiger partial charge on any atom is -0.462 e. The van der Waals surface area contributed by atoms with Crippen LogP contribution in [0.5, 0.6) is 0 Å². The van der Waals surface area contributed by atoms with Gasteiger partial charge in [-0.2, -0.15) is 0 Å². The van der Waals surface area contributed by atoms with E-state index >= 15 is 0 Å². The second-order valence-electron chi connectivity index (χ2n) is 7.06. The Morgan fingerprint density at radius 1 is 1.00 bits per heavy atom. The molecule has 0 radical (unpaired) electrons. The third-order valence-electron chi connectivity index (χ3n) is 5.04. The first-order valence-electron chi connectivity index (χ1n) is 9.61. The van der Waals surface area contributed by atoms with Crippen molar-refractivity contribution in [3.05, 3.63) is 23.3 Å². The summed E-state index contributed by atoms with van der Waals surface area (Å²) in [7, 11) is 2.04. The van der Waals surface area contributed by atoms with Gasteiger partial charge in [0.15, 0.2) is 0 Å². The zero-order chi connectivity index (χ0) is 18.5. The SMILES string of the molecule is CCCCCCCOC(=O)c1c(C(=O)N2CCN(C)CC2)c2ccc1o2. The van der Waals surface area contributed by atoms with Crippen LogP contribution in [0.25, 0.3) is 11.2 Å². The molecule has 1 amide bonds. The molecule has 3 rings (SSSR count). The smallest absolute Gasteiger partial charge is 0.342 e. The summed E-state index contributed by atoms with van der Waals surface area (Å²) < 4.78 is 11.0. The van der Waals surface area contributed by atoms with Gasteiger partial charge in [0.05, 0.1) is 6.61 Å². The van der Waals surface area contributed by atoms with Crippen molar-refractivity contribution in [3.63, 3.8) is 0 Å². The van der Waals surface area contributed by atoms with Crippen LogP contribution >= 0.6 is 0 Å². The third-order valence-corrected chi connectivity index (χ3v) is 5.04. The minimum atomic E-state index is -0.452. The molecule has 0 N–H and O–H groups in total. The monoisotopic (exact) mass is 360 g/mol. The number of unbranched alkanes of at least 4 members (excludes halogenated alkanes) is 4. The van der Waals surface area contributed by atoms with Crippen molar-refractivity contribution in [1.29, 1.82) is 0 Å². The Kier molecular flexibility index (Phi) is 6.14. The summed E-state index contributed by atoms with van der Waals surface area (Å²) >= 11 is 0. The predicted molar refractivity (Wildman–Crippen MR) is 99.8 cm³/mol.